The van der Waals surface area contributed by atoms with Crippen LogP contribution in [0.25, 0.3) is 0 Å². The van der Waals surface area contributed by atoms with E-state index in [0.29, 0.717) is 12.8 Å². The molecule has 104 valence electrons. The molecule has 0 amide bonds. The number of hydrogen-bond acceptors (Lipinski definition) is 4. The van der Waals surface area contributed by atoms with Crippen molar-refractivity contribution in [1.82, 2.24) is 0 Å². The van der Waals surface area contributed by atoms with E-state index >= 15 is 0 Å². The van der Waals surface area contributed by atoms with Gasteiger partial charge in [0, 0.05) is 18.4 Å². The van der Waals surface area contributed by atoms with Gasteiger partial charge >= 0.3 is 0 Å². The summed E-state index contributed by atoms with van der Waals surface area (Å²) in [5.41, 5.74) is -1.11. The summed E-state index contributed by atoms with van der Waals surface area (Å²) in [6, 6.07) is 0. The first kappa shape index (κ1) is 16.8. The fourth-order valence-corrected chi connectivity index (χ4v) is 1.82. The van der Waals surface area contributed by atoms with Crippen LogP contribution in [0.3, 0.4) is 0 Å². The van der Waals surface area contributed by atoms with Gasteiger partial charge in [0.25, 0.3) is 0 Å². The number of ketones is 1. The van der Waals surface area contributed by atoms with Crippen molar-refractivity contribution < 1.29 is 14.8 Å². The van der Waals surface area contributed by atoms with Gasteiger partial charge in [-0.25, -0.2) is 0 Å². The number of nitro groups is 1. The molecule has 0 bridgehead atoms. The van der Waals surface area contributed by atoms with E-state index in [1.54, 1.807) is 6.92 Å². The Morgan fingerprint density at radius 2 is 2.00 bits per heavy atom. The number of carbonyl (C=O) groups excluding carboxylic acids is 1. The third kappa shape index (κ3) is 5.91. The molecule has 0 rings (SSSR count). The van der Waals surface area contributed by atoms with Crippen molar-refractivity contribution in [1.29, 1.82) is 0 Å². The second-order valence-corrected chi connectivity index (χ2v) is 4.66. The molecule has 0 saturated carbocycles. The monoisotopic (exact) mass is 257 g/mol. The van der Waals surface area contributed by atoms with Gasteiger partial charge in [0.2, 0.25) is 6.20 Å². The third-order valence-electron chi connectivity index (χ3n) is 3.11. The zero-order chi connectivity index (χ0) is 14.2. The third-order valence-corrected chi connectivity index (χ3v) is 3.11. The van der Waals surface area contributed by atoms with E-state index in [1.807, 2.05) is 6.92 Å². The highest BCUT2D eigenvalue weighted by molar-refractivity contribution is 5.79. The van der Waals surface area contributed by atoms with Crippen molar-refractivity contribution in [2.75, 3.05) is 0 Å². The topological polar surface area (TPSA) is 80.4 Å². The normalized spacial score (nSPS) is 15.2. The number of carbonyl (C=O) groups is 1. The lowest BCUT2D eigenvalue weighted by Crippen LogP contribution is -2.33. The first-order valence-electron chi connectivity index (χ1n) is 6.42. The van der Waals surface area contributed by atoms with Crippen LogP contribution in [0.1, 0.15) is 59.3 Å². The quantitative estimate of drug-likeness (QED) is 0.391. The molecule has 1 atom stereocenters. The SMILES string of the molecule is CCCCCC(O)(CC(=O)CC)/C(C)=C/[N+](=O)[O-]. The second-order valence-electron chi connectivity index (χ2n) is 4.66. The zero-order valence-electron chi connectivity index (χ0n) is 11.4. The number of Topliss-reactive ketones (excluding diaryl/α,β-unsaturated/α-hetero) is 1. The molecule has 1 N–H and O–H groups in total. The number of hydrogen-bond donors (Lipinski definition) is 1. The Bertz CT molecular complexity index is 325. The maximum absolute atomic E-state index is 11.5. The lowest BCUT2D eigenvalue weighted by Gasteiger charge is -2.27. The van der Waals surface area contributed by atoms with Gasteiger partial charge in [-0.2, -0.15) is 0 Å². The summed E-state index contributed by atoms with van der Waals surface area (Å²) in [7, 11) is 0. The van der Waals surface area contributed by atoms with Gasteiger partial charge < -0.3 is 5.11 Å². The maximum Gasteiger partial charge on any atom is 0.236 e. The Morgan fingerprint density at radius 1 is 1.39 bits per heavy atom. The van der Waals surface area contributed by atoms with Gasteiger partial charge in [-0.1, -0.05) is 33.1 Å². The molecule has 0 aromatic heterocycles. The van der Waals surface area contributed by atoms with Gasteiger partial charge in [-0.05, 0) is 13.3 Å². The number of rotatable bonds is 9. The highest BCUT2D eigenvalue weighted by Crippen LogP contribution is 2.28. The molecule has 0 radical (unpaired) electrons. The fraction of sp³-hybridized carbons (Fsp3) is 0.769. The minimum atomic E-state index is -1.37. The van der Waals surface area contributed by atoms with Gasteiger partial charge in [0.05, 0.1) is 10.5 Å². The van der Waals surface area contributed by atoms with Crippen LogP contribution in [0.4, 0.5) is 0 Å². The van der Waals surface area contributed by atoms with E-state index < -0.39 is 10.5 Å². The molecule has 5 heteroatoms. The molecular formula is C13H23NO4. The standard InChI is InChI=1S/C13H23NO4/c1-4-6-7-8-13(16,9-12(15)5-2)11(3)10-14(17)18/h10,16H,4-9H2,1-3H3/b11-10+. The number of aliphatic hydroxyl groups is 1. The summed E-state index contributed by atoms with van der Waals surface area (Å²) in [6.07, 6.45) is 4.18. The summed E-state index contributed by atoms with van der Waals surface area (Å²) >= 11 is 0. The van der Waals surface area contributed by atoms with Crippen LogP contribution >= 0.6 is 0 Å². The molecule has 1 unspecified atom stereocenters. The molecular weight excluding hydrogens is 234 g/mol. The largest absolute Gasteiger partial charge is 0.385 e. The van der Waals surface area contributed by atoms with Crippen LogP contribution in [-0.2, 0) is 4.79 Å². The summed E-state index contributed by atoms with van der Waals surface area (Å²) in [4.78, 5) is 21.4. The number of nitrogens with zero attached hydrogens (tertiary/aromatic N) is 1. The maximum atomic E-state index is 11.5. The first-order chi connectivity index (χ1) is 8.35. The molecule has 0 aromatic carbocycles. The van der Waals surface area contributed by atoms with Gasteiger partial charge in [-0.3, -0.25) is 14.9 Å². The Kier molecular flexibility index (Phi) is 7.43. The van der Waals surface area contributed by atoms with Crippen molar-refractivity contribution in [3.8, 4) is 0 Å². The summed E-state index contributed by atoms with van der Waals surface area (Å²) in [5, 5.41) is 20.9. The van der Waals surface area contributed by atoms with Crippen LogP contribution < -0.4 is 0 Å². The van der Waals surface area contributed by atoms with Crippen molar-refractivity contribution in [2.24, 2.45) is 0 Å². The van der Waals surface area contributed by atoms with Crippen LogP contribution in [-0.4, -0.2) is 21.4 Å². The average molecular weight is 257 g/mol. The van der Waals surface area contributed by atoms with Crippen molar-refractivity contribution >= 4 is 5.78 Å². The van der Waals surface area contributed by atoms with E-state index in [1.165, 1.54) is 6.92 Å². The van der Waals surface area contributed by atoms with E-state index in [9.17, 15) is 20.0 Å². The molecule has 0 saturated heterocycles. The molecule has 0 aliphatic carbocycles. The summed E-state index contributed by atoms with van der Waals surface area (Å²) < 4.78 is 0. The Balaban J connectivity index is 4.89. The smallest absolute Gasteiger partial charge is 0.236 e. The van der Waals surface area contributed by atoms with Crippen LogP contribution in [0.5, 0.6) is 0 Å². The average Bonchev–Trinajstić information content (AvgIpc) is 2.28. The van der Waals surface area contributed by atoms with E-state index in [-0.39, 0.29) is 17.8 Å². The zero-order valence-corrected chi connectivity index (χ0v) is 11.4. The molecule has 5 nitrogen and oxygen atoms in total. The van der Waals surface area contributed by atoms with Crippen LogP contribution in [0.2, 0.25) is 0 Å². The van der Waals surface area contributed by atoms with Crippen molar-refractivity contribution in [3.05, 3.63) is 21.9 Å². The van der Waals surface area contributed by atoms with Crippen molar-refractivity contribution in [2.45, 2.75) is 64.9 Å². The molecule has 0 aromatic rings. The minimum Gasteiger partial charge on any atom is -0.385 e. The lowest BCUT2D eigenvalue weighted by molar-refractivity contribution is -0.404. The second kappa shape index (κ2) is 7.97. The highest BCUT2D eigenvalue weighted by Gasteiger charge is 2.32. The summed E-state index contributed by atoms with van der Waals surface area (Å²) in [5.74, 6) is -0.0786. The minimum absolute atomic E-state index is 0.0383. The number of unbranched alkanes of at least 4 members (excludes halogenated alkanes) is 2. The summed E-state index contributed by atoms with van der Waals surface area (Å²) in [6.45, 7) is 5.27. The Morgan fingerprint density at radius 3 is 2.44 bits per heavy atom. The van der Waals surface area contributed by atoms with Crippen LogP contribution in [0.15, 0.2) is 11.8 Å². The molecule has 18 heavy (non-hydrogen) atoms. The predicted molar refractivity (Wildman–Crippen MR) is 69.8 cm³/mol. The van der Waals surface area contributed by atoms with Crippen LogP contribution in [0, 0.1) is 10.1 Å². The molecule has 0 spiro atoms. The molecule has 0 heterocycles. The first-order valence-corrected chi connectivity index (χ1v) is 6.42. The van der Waals surface area contributed by atoms with E-state index in [4.69, 9.17) is 0 Å². The fourth-order valence-electron chi connectivity index (χ4n) is 1.82. The van der Waals surface area contributed by atoms with Gasteiger partial charge in [-0.15, -0.1) is 0 Å². The molecule has 0 aliphatic heterocycles. The lowest BCUT2D eigenvalue weighted by atomic mass is 9.84. The van der Waals surface area contributed by atoms with E-state index in [0.717, 1.165) is 25.5 Å². The predicted octanol–water partition coefficient (Wildman–Crippen LogP) is 2.85. The molecule has 0 aliphatic rings. The van der Waals surface area contributed by atoms with Gasteiger partial charge in [0.1, 0.15) is 5.78 Å². The Labute approximate surface area is 108 Å². The van der Waals surface area contributed by atoms with E-state index in [2.05, 4.69) is 0 Å². The Hall–Kier alpha value is -1.23. The van der Waals surface area contributed by atoms with Crippen molar-refractivity contribution in [3.63, 3.8) is 0 Å². The molecule has 0 fully saturated rings. The highest BCUT2D eigenvalue weighted by atomic mass is 16.6. The van der Waals surface area contributed by atoms with Gasteiger partial charge in [0.15, 0.2) is 0 Å².